The molecular weight excluding hydrogens is 178 g/mol. The van der Waals surface area contributed by atoms with Crippen LogP contribution in [-0.2, 0) is 0 Å². The summed E-state index contributed by atoms with van der Waals surface area (Å²) in [4.78, 5) is 15.6. The van der Waals surface area contributed by atoms with E-state index in [0.717, 1.165) is 0 Å². The Hall–Kier alpha value is -1.38. The maximum Gasteiger partial charge on any atom is 0.212 e. The van der Waals surface area contributed by atoms with E-state index in [1.54, 1.807) is 25.4 Å². The van der Waals surface area contributed by atoms with Gasteiger partial charge in [-0.25, -0.2) is 4.98 Å². The zero-order valence-electron chi connectivity index (χ0n) is 8.78. The average molecular weight is 193 g/mol. The summed E-state index contributed by atoms with van der Waals surface area (Å²) < 4.78 is 4.91. The molecule has 3 nitrogen and oxygen atoms in total. The average Bonchev–Trinajstić information content (AvgIpc) is 2.17. The number of methoxy groups -OCH3 is 1. The number of carbonyl (C=O) groups is 1. The van der Waals surface area contributed by atoms with Gasteiger partial charge in [-0.3, -0.25) is 4.79 Å². The highest BCUT2D eigenvalue weighted by atomic mass is 16.5. The van der Waals surface area contributed by atoms with E-state index in [4.69, 9.17) is 4.74 Å². The summed E-state index contributed by atoms with van der Waals surface area (Å²) in [5.41, 5.74) is 0.652. The Morgan fingerprint density at radius 3 is 2.64 bits per heavy atom. The highest BCUT2D eigenvalue weighted by molar-refractivity contribution is 5.95. The molecule has 1 heterocycles. The number of hydrogen-bond acceptors (Lipinski definition) is 3. The summed E-state index contributed by atoms with van der Waals surface area (Å²) >= 11 is 0. The third-order valence-corrected chi connectivity index (χ3v) is 1.86. The van der Waals surface area contributed by atoms with Crippen molar-refractivity contribution in [3.63, 3.8) is 0 Å². The summed E-state index contributed by atoms with van der Waals surface area (Å²) in [5.74, 6) is 1.05. The first-order valence-electron chi connectivity index (χ1n) is 4.66. The fraction of sp³-hybridized carbons (Fsp3) is 0.455. The van der Waals surface area contributed by atoms with Gasteiger partial charge in [-0.15, -0.1) is 0 Å². The van der Waals surface area contributed by atoms with Crippen molar-refractivity contribution >= 4 is 5.78 Å². The zero-order chi connectivity index (χ0) is 10.6. The molecule has 0 atom stereocenters. The number of Topliss-reactive ketones (excluding diaryl/α,β-unsaturated/α-hetero) is 1. The second-order valence-corrected chi connectivity index (χ2v) is 3.61. The summed E-state index contributed by atoms with van der Waals surface area (Å²) in [6, 6.07) is 3.45. The van der Waals surface area contributed by atoms with Gasteiger partial charge in [0.25, 0.3) is 0 Å². The van der Waals surface area contributed by atoms with E-state index in [1.165, 1.54) is 0 Å². The molecule has 0 bridgehead atoms. The molecule has 0 radical (unpaired) electrons. The molecule has 0 aliphatic heterocycles. The molecule has 3 heteroatoms. The van der Waals surface area contributed by atoms with Crippen LogP contribution in [0.5, 0.6) is 5.88 Å². The summed E-state index contributed by atoms with van der Waals surface area (Å²) in [5, 5.41) is 0. The van der Waals surface area contributed by atoms with Crippen LogP contribution in [0.25, 0.3) is 0 Å². The highest BCUT2D eigenvalue weighted by Gasteiger charge is 2.08. The summed E-state index contributed by atoms with van der Waals surface area (Å²) in [7, 11) is 1.55. The van der Waals surface area contributed by atoms with E-state index in [0.29, 0.717) is 23.8 Å². The van der Waals surface area contributed by atoms with Gasteiger partial charge in [0.15, 0.2) is 5.78 Å². The number of ketones is 1. The Bertz CT molecular complexity index is 304. The molecule has 1 aromatic heterocycles. The van der Waals surface area contributed by atoms with E-state index in [9.17, 15) is 4.79 Å². The van der Waals surface area contributed by atoms with E-state index < -0.39 is 0 Å². The smallest absolute Gasteiger partial charge is 0.212 e. The van der Waals surface area contributed by atoms with E-state index in [1.807, 2.05) is 13.8 Å². The number of pyridine rings is 1. The largest absolute Gasteiger partial charge is 0.481 e. The lowest BCUT2D eigenvalue weighted by Crippen LogP contribution is -2.04. The molecule has 0 amide bonds. The molecule has 14 heavy (non-hydrogen) atoms. The molecule has 0 aliphatic rings. The van der Waals surface area contributed by atoms with Crippen molar-refractivity contribution < 1.29 is 9.53 Å². The van der Waals surface area contributed by atoms with Crippen LogP contribution >= 0.6 is 0 Å². The van der Waals surface area contributed by atoms with Crippen molar-refractivity contribution in [2.24, 2.45) is 5.92 Å². The molecule has 0 spiro atoms. The minimum absolute atomic E-state index is 0.134. The lowest BCUT2D eigenvalue weighted by molar-refractivity contribution is 0.0967. The van der Waals surface area contributed by atoms with E-state index in [-0.39, 0.29) is 5.78 Å². The summed E-state index contributed by atoms with van der Waals surface area (Å²) in [6.45, 7) is 4.05. The predicted molar refractivity (Wildman–Crippen MR) is 54.6 cm³/mol. The Morgan fingerprint density at radius 2 is 2.21 bits per heavy atom. The third-order valence-electron chi connectivity index (χ3n) is 1.86. The molecule has 0 aromatic carbocycles. The second-order valence-electron chi connectivity index (χ2n) is 3.61. The molecule has 0 unspecified atom stereocenters. The number of hydrogen-bond donors (Lipinski definition) is 0. The lowest BCUT2D eigenvalue weighted by atomic mass is 10.0. The van der Waals surface area contributed by atoms with Gasteiger partial charge in [0.2, 0.25) is 5.88 Å². The Morgan fingerprint density at radius 1 is 1.50 bits per heavy atom. The van der Waals surface area contributed by atoms with Crippen molar-refractivity contribution in [1.29, 1.82) is 0 Å². The molecule has 76 valence electrons. The number of nitrogens with zero attached hydrogens (tertiary/aromatic N) is 1. The maximum absolute atomic E-state index is 11.6. The molecule has 0 N–H and O–H groups in total. The van der Waals surface area contributed by atoms with Gasteiger partial charge in [-0.2, -0.15) is 0 Å². The molecule has 0 aliphatic carbocycles. The zero-order valence-corrected chi connectivity index (χ0v) is 8.78. The minimum Gasteiger partial charge on any atom is -0.481 e. The van der Waals surface area contributed by atoms with Gasteiger partial charge in [0.05, 0.1) is 7.11 Å². The van der Waals surface area contributed by atoms with Crippen LogP contribution in [0.1, 0.15) is 30.6 Å². The first kappa shape index (κ1) is 10.7. The molecular formula is C11H15NO2. The first-order valence-corrected chi connectivity index (χ1v) is 4.66. The Kier molecular flexibility index (Phi) is 3.63. The van der Waals surface area contributed by atoms with Crippen molar-refractivity contribution in [2.75, 3.05) is 7.11 Å². The standard InChI is InChI=1S/C11H15NO2/c1-8(2)6-10(13)9-4-5-11(14-3)12-7-9/h4-5,7-8H,6H2,1-3H3. The minimum atomic E-state index is 0.134. The fourth-order valence-corrected chi connectivity index (χ4v) is 1.15. The van der Waals surface area contributed by atoms with Gasteiger partial charge in [0, 0.05) is 24.2 Å². The monoisotopic (exact) mass is 193 g/mol. The van der Waals surface area contributed by atoms with Crippen molar-refractivity contribution in [1.82, 2.24) is 4.98 Å². The number of carbonyl (C=O) groups excluding carboxylic acids is 1. The normalized spacial score (nSPS) is 10.3. The van der Waals surface area contributed by atoms with Gasteiger partial charge < -0.3 is 4.74 Å². The van der Waals surface area contributed by atoms with Gasteiger partial charge in [-0.05, 0) is 12.0 Å². The topological polar surface area (TPSA) is 39.2 Å². The number of ether oxygens (including phenoxy) is 1. The SMILES string of the molecule is COc1ccc(C(=O)CC(C)C)cn1. The highest BCUT2D eigenvalue weighted by Crippen LogP contribution is 2.11. The number of aromatic nitrogens is 1. The predicted octanol–water partition coefficient (Wildman–Crippen LogP) is 2.32. The first-order chi connectivity index (χ1) is 6.63. The third kappa shape index (κ3) is 2.83. The molecule has 1 rings (SSSR count). The number of rotatable bonds is 4. The van der Waals surface area contributed by atoms with E-state index >= 15 is 0 Å². The van der Waals surface area contributed by atoms with Crippen molar-refractivity contribution in [3.05, 3.63) is 23.9 Å². The fourth-order valence-electron chi connectivity index (χ4n) is 1.15. The quantitative estimate of drug-likeness (QED) is 0.689. The van der Waals surface area contributed by atoms with Gasteiger partial charge in [-0.1, -0.05) is 13.8 Å². The Labute approximate surface area is 84.1 Å². The van der Waals surface area contributed by atoms with Crippen molar-refractivity contribution in [3.8, 4) is 5.88 Å². The van der Waals surface area contributed by atoms with Crippen LogP contribution in [-0.4, -0.2) is 17.9 Å². The van der Waals surface area contributed by atoms with E-state index in [2.05, 4.69) is 4.98 Å². The van der Waals surface area contributed by atoms with Gasteiger partial charge >= 0.3 is 0 Å². The van der Waals surface area contributed by atoms with Crippen LogP contribution < -0.4 is 4.74 Å². The van der Waals surface area contributed by atoms with Crippen LogP contribution in [0, 0.1) is 5.92 Å². The second kappa shape index (κ2) is 4.74. The molecule has 1 aromatic rings. The molecule has 0 saturated heterocycles. The van der Waals surface area contributed by atoms with Crippen LogP contribution in [0.4, 0.5) is 0 Å². The van der Waals surface area contributed by atoms with Crippen molar-refractivity contribution in [2.45, 2.75) is 20.3 Å². The van der Waals surface area contributed by atoms with Crippen LogP contribution in [0.2, 0.25) is 0 Å². The summed E-state index contributed by atoms with van der Waals surface area (Å²) in [6.07, 6.45) is 2.12. The van der Waals surface area contributed by atoms with Crippen LogP contribution in [0.3, 0.4) is 0 Å². The van der Waals surface area contributed by atoms with Crippen LogP contribution in [0.15, 0.2) is 18.3 Å². The Balaban J connectivity index is 2.71. The maximum atomic E-state index is 11.6. The molecule has 0 fully saturated rings. The lowest BCUT2D eigenvalue weighted by Gasteiger charge is -2.04. The molecule has 0 saturated carbocycles. The van der Waals surface area contributed by atoms with Gasteiger partial charge in [0.1, 0.15) is 0 Å².